The number of H-pyrrole nitrogens is 1. The van der Waals surface area contributed by atoms with Gasteiger partial charge in [0.15, 0.2) is 0 Å². The molecule has 0 aromatic carbocycles. The van der Waals surface area contributed by atoms with Crippen molar-refractivity contribution in [1.82, 2.24) is 25.1 Å². The zero-order valence-corrected chi connectivity index (χ0v) is 14.2. The summed E-state index contributed by atoms with van der Waals surface area (Å²) in [5, 5.41) is 7.19. The Balaban J connectivity index is 1.58. The van der Waals surface area contributed by atoms with Gasteiger partial charge in [-0.1, -0.05) is 0 Å². The molecule has 0 bridgehead atoms. The number of carbonyl (C=O) groups excluding carboxylic acids is 1. The maximum absolute atomic E-state index is 11.8. The lowest BCUT2D eigenvalue weighted by molar-refractivity contribution is -0.136. The van der Waals surface area contributed by atoms with E-state index < -0.39 is 0 Å². The topological polar surface area (TPSA) is 84.0 Å². The number of ether oxygens (including phenoxy) is 1. The third kappa shape index (κ3) is 3.97. The van der Waals surface area contributed by atoms with Crippen LogP contribution in [0.25, 0.3) is 11.4 Å². The first-order valence-corrected chi connectivity index (χ1v) is 8.25. The fraction of sp³-hybridized carbons (Fsp3) is 0.529. The van der Waals surface area contributed by atoms with E-state index in [4.69, 9.17) is 4.74 Å². The molecule has 1 fully saturated rings. The summed E-state index contributed by atoms with van der Waals surface area (Å²) in [6.45, 7) is 3.73. The molecule has 7 heteroatoms. The second kappa shape index (κ2) is 7.53. The van der Waals surface area contributed by atoms with Gasteiger partial charge in [0.1, 0.15) is 18.6 Å². The predicted molar refractivity (Wildman–Crippen MR) is 89.2 cm³/mol. The molecule has 3 rings (SSSR count). The van der Waals surface area contributed by atoms with Gasteiger partial charge < -0.3 is 9.64 Å². The standard InChI is InChI=1S/C17H23N5O2/c1-12-7-16(21-20-12)15-9-14(18-11-19-15)8-13-3-5-22(6-4-13)17(23)10-24-2/h7,9,11,13H,3-6,8,10H2,1-2H3,(H,20,21). The Kier molecular flexibility index (Phi) is 5.20. The number of piperidine rings is 1. The van der Waals surface area contributed by atoms with Crippen LogP contribution in [0.4, 0.5) is 0 Å². The van der Waals surface area contributed by atoms with E-state index in [0.29, 0.717) is 5.92 Å². The van der Waals surface area contributed by atoms with E-state index >= 15 is 0 Å². The molecule has 0 aliphatic carbocycles. The van der Waals surface area contributed by atoms with Gasteiger partial charge >= 0.3 is 0 Å². The van der Waals surface area contributed by atoms with Gasteiger partial charge in [-0.15, -0.1) is 0 Å². The van der Waals surface area contributed by atoms with E-state index in [1.54, 1.807) is 13.4 Å². The molecule has 7 nitrogen and oxygen atoms in total. The summed E-state index contributed by atoms with van der Waals surface area (Å²) in [7, 11) is 1.55. The normalized spacial score (nSPS) is 15.7. The highest BCUT2D eigenvalue weighted by molar-refractivity contribution is 5.77. The van der Waals surface area contributed by atoms with E-state index in [1.165, 1.54) is 0 Å². The second-order valence-electron chi connectivity index (χ2n) is 6.29. The highest BCUT2D eigenvalue weighted by atomic mass is 16.5. The van der Waals surface area contributed by atoms with Crippen LogP contribution in [0.2, 0.25) is 0 Å². The summed E-state index contributed by atoms with van der Waals surface area (Å²) in [5.41, 5.74) is 3.73. The van der Waals surface area contributed by atoms with Crippen LogP contribution >= 0.6 is 0 Å². The molecule has 1 saturated heterocycles. The molecule has 0 unspecified atom stereocenters. The molecule has 24 heavy (non-hydrogen) atoms. The van der Waals surface area contributed by atoms with Gasteiger partial charge in [-0.2, -0.15) is 5.10 Å². The lowest BCUT2D eigenvalue weighted by atomic mass is 9.92. The molecule has 1 aliphatic heterocycles. The average molecular weight is 329 g/mol. The zero-order chi connectivity index (χ0) is 16.9. The first kappa shape index (κ1) is 16.6. The lowest BCUT2D eigenvalue weighted by Crippen LogP contribution is -2.40. The van der Waals surface area contributed by atoms with Gasteiger partial charge in [-0.05, 0) is 44.2 Å². The van der Waals surface area contributed by atoms with Crippen molar-refractivity contribution in [1.29, 1.82) is 0 Å². The summed E-state index contributed by atoms with van der Waals surface area (Å²) in [6.07, 6.45) is 4.50. The Bertz CT molecular complexity index is 692. The van der Waals surface area contributed by atoms with Crippen molar-refractivity contribution in [2.75, 3.05) is 26.8 Å². The van der Waals surface area contributed by atoms with Crippen LogP contribution in [0.3, 0.4) is 0 Å². The summed E-state index contributed by atoms with van der Waals surface area (Å²) in [4.78, 5) is 22.4. The minimum absolute atomic E-state index is 0.0779. The summed E-state index contributed by atoms with van der Waals surface area (Å²) < 4.78 is 4.92. The number of nitrogens with one attached hydrogen (secondary N) is 1. The molecule has 0 atom stereocenters. The molecule has 128 valence electrons. The Labute approximate surface area is 141 Å². The Morgan fingerprint density at radius 3 is 2.75 bits per heavy atom. The Morgan fingerprint density at radius 1 is 1.29 bits per heavy atom. The summed E-state index contributed by atoms with van der Waals surface area (Å²) in [5.74, 6) is 0.620. The maximum Gasteiger partial charge on any atom is 0.248 e. The summed E-state index contributed by atoms with van der Waals surface area (Å²) in [6, 6.07) is 3.99. The SMILES string of the molecule is COCC(=O)N1CCC(Cc2cc(-c3cc(C)[nH]n3)ncn2)CC1. The van der Waals surface area contributed by atoms with Crippen LogP contribution in [-0.2, 0) is 16.0 Å². The number of aromatic nitrogens is 4. The Hall–Kier alpha value is -2.28. The van der Waals surface area contributed by atoms with E-state index in [1.807, 2.05) is 24.0 Å². The third-order valence-electron chi connectivity index (χ3n) is 4.42. The van der Waals surface area contributed by atoms with E-state index in [0.717, 1.165) is 55.1 Å². The molecule has 1 aliphatic rings. The van der Waals surface area contributed by atoms with Gasteiger partial charge in [0, 0.05) is 31.6 Å². The molecule has 1 amide bonds. The Morgan fingerprint density at radius 2 is 2.08 bits per heavy atom. The minimum atomic E-state index is 0.0779. The number of aromatic amines is 1. The van der Waals surface area contributed by atoms with Gasteiger partial charge in [-0.3, -0.25) is 9.89 Å². The molecule has 2 aromatic rings. The second-order valence-corrected chi connectivity index (χ2v) is 6.29. The monoisotopic (exact) mass is 329 g/mol. The third-order valence-corrected chi connectivity index (χ3v) is 4.42. The molecule has 1 N–H and O–H groups in total. The average Bonchev–Trinajstić information content (AvgIpc) is 3.03. The number of carbonyl (C=O) groups is 1. The smallest absolute Gasteiger partial charge is 0.248 e. The van der Waals surface area contributed by atoms with Crippen molar-refractivity contribution in [3.05, 3.63) is 29.8 Å². The van der Waals surface area contributed by atoms with Crippen molar-refractivity contribution in [3.8, 4) is 11.4 Å². The number of amides is 1. The number of methoxy groups -OCH3 is 1. The van der Waals surface area contributed by atoms with Crippen molar-refractivity contribution >= 4 is 5.91 Å². The zero-order valence-electron chi connectivity index (χ0n) is 14.2. The van der Waals surface area contributed by atoms with Crippen molar-refractivity contribution in [2.45, 2.75) is 26.2 Å². The van der Waals surface area contributed by atoms with Crippen LogP contribution in [-0.4, -0.2) is 57.8 Å². The molecule has 0 saturated carbocycles. The van der Waals surface area contributed by atoms with Gasteiger partial charge in [0.05, 0.1) is 5.69 Å². The predicted octanol–water partition coefficient (Wildman–Crippen LogP) is 1.60. The number of nitrogens with zero attached hydrogens (tertiary/aromatic N) is 4. The number of aryl methyl sites for hydroxylation is 1. The van der Waals surface area contributed by atoms with E-state index in [-0.39, 0.29) is 12.5 Å². The maximum atomic E-state index is 11.8. The quantitative estimate of drug-likeness (QED) is 0.901. The first-order chi connectivity index (χ1) is 11.7. The van der Waals surface area contributed by atoms with Crippen molar-refractivity contribution in [2.24, 2.45) is 5.92 Å². The van der Waals surface area contributed by atoms with Crippen LogP contribution in [0.15, 0.2) is 18.5 Å². The van der Waals surface area contributed by atoms with Gasteiger partial charge in [-0.25, -0.2) is 9.97 Å². The van der Waals surface area contributed by atoms with Crippen LogP contribution in [0.5, 0.6) is 0 Å². The molecule has 0 spiro atoms. The molecule has 3 heterocycles. The van der Waals surface area contributed by atoms with Crippen molar-refractivity contribution < 1.29 is 9.53 Å². The number of likely N-dealkylation sites (tertiary alicyclic amines) is 1. The largest absolute Gasteiger partial charge is 0.375 e. The molecule has 0 radical (unpaired) electrons. The number of rotatable bonds is 5. The van der Waals surface area contributed by atoms with Crippen molar-refractivity contribution in [3.63, 3.8) is 0 Å². The van der Waals surface area contributed by atoms with E-state index in [9.17, 15) is 4.79 Å². The van der Waals surface area contributed by atoms with Crippen LogP contribution < -0.4 is 0 Å². The van der Waals surface area contributed by atoms with Gasteiger partial charge in [0.2, 0.25) is 5.91 Å². The highest BCUT2D eigenvalue weighted by Crippen LogP contribution is 2.22. The first-order valence-electron chi connectivity index (χ1n) is 8.25. The van der Waals surface area contributed by atoms with Crippen LogP contribution in [0.1, 0.15) is 24.2 Å². The lowest BCUT2D eigenvalue weighted by Gasteiger charge is -2.31. The van der Waals surface area contributed by atoms with Gasteiger partial charge in [0.25, 0.3) is 0 Å². The summed E-state index contributed by atoms with van der Waals surface area (Å²) >= 11 is 0. The minimum Gasteiger partial charge on any atom is -0.375 e. The number of hydrogen-bond donors (Lipinski definition) is 1. The number of hydrogen-bond acceptors (Lipinski definition) is 5. The van der Waals surface area contributed by atoms with E-state index in [2.05, 4.69) is 20.2 Å². The fourth-order valence-electron chi connectivity index (χ4n) is 3.10. The molecular weight excluding hydrogens is 306 g/mol. The fourth-order valence-corrected chi connectivity index (χ4v) is 3.10. The molecular formula is C17H23N5O2. The molecule has 2 aromatic heterocycles. The van der Waals surface area contributed by atoms with Crippen LogP contribution in [0, 0.1) is 12.8 Å². The highest BCUT2D eigenvalue weighted by Gasteiger charge is 2.23.